The Labute approximate surface area is 186 Å². The first kappa shape index (κ1) is 22.1. The van der Waals surface area contributed by atoms with Crippen molar-refractivity contribution in [3.05, 3.63) is 71.0 Å². The van der Waals surface area contributed by atoms with Crippen molar-refractivity contribution < 1.29 is 13.9 Å². The molecule has 1 aromatic carbocycles. The maximum Gasteiger partial charge on any atom is 0.234 e. The van der Waals surface area contributed by atoms with Gasteiger partial charge in [0, 0.05) is 12.7 Å². The second-order valence-corrected chi connectivity index (χ2v) is 7.55. The Morgan fingerprint density at radius 3 is 2.90 bits per heavy atom. The molecular formula is C19H16Cl2FN5O2S. The zero-order valence-corrected chi connectivity index (χ0v) is 17.8. The van der Waals surface area contributed by atoms with Crippen LogP contribution in [0.3, 0.4) is 0 Å². The molecule has 11 heteroatoms. The molecule has 0 fully saturated rings. The molecule has 30 heavy (non-hydrogen) atoms. The summed E-state index contributed by atoms with van der Waals surface area (Å²) in [6.45, 7) is 4.21. The molecule has 3 aromatic rings. The van der Waals surface area contributed by atoms with Crippen molar-refractivity contribution in [3.63, 3.8) is 0 Å². The van der Waals surface area contributed by atoms with Gasteiger partial charge < -0.3 is 10.1 Å². The summed E-state index contributed by atoms with van der Waals surface area (Å²) in [6, 6.07) is 7.20. The number of hydrogen-bond donors (Lipinski definition) is 1. The van der Waals surface area contributed by atoms with Gasteiger partial charge in [-0.25, -0.2) is 9.37 Å². The molecule has 2 aromatic heterocycles. The minimum absolute atomic E-state index is 0.0598. The first-order valence-electron chi connectivity index (χ1n) is 8.62. The summed E-state index contributed by atoms with van der Waals surface area (Å²) in [4.78, 5) is 16.1. The molecule has 0 radical (unpaired) electrons. The van der Waals surface area contributed by atoms with E-state index in [1.54, 1.807) is 22.8 Å². The predicted octanol–water partition coefficient (Wildman–Crippen LogP) is 4.61. The maximum absolute atomic E-state index is 13.2. The first-order chi connectivity index (χ1) is 14.5. The first-order valence-corrected chi connectivity index (χ1v) is 10.4. The van der Waals surface area contributed by atoms with E-state index < -0.39 is 5.82 Å². The molecule has 0 aliphatic heterocycles. The van der Waals surface area contributed by atoms with Gasteiger partial charge in [0.1, 0.15) is 18.2 Å². The van der Waals surface area contributed by atoms with Crippen LogP contribution in [0.1, 0.15) is 5.82 Å². The zero-order chi connectivity index (χ0) is 21.5. The predicted molar refractivity (Wildman–Crippen MR) is 115 cm³/mol. The van der Waals surface area contributed by atoms with Crippen molar-refractivity contribution >= 4 is 46.6 Å². The summed E-state index contributed by atoms with van der Waals surface area (Å²) < 4.78 is 20.6. The van der Waals surface area contributed by atoms with Crippen molar-refractivity contribution in [2.45, 2.75) is 18.3 Å². The third-order valence-electron chi connectivity index (χ3n) is 3.72. The van der Waals surface area contributed by atoms with Crippen LogP contribution in [0.4, 0.5) is 10.1 Å². The van der Waals surface area contributed by atoms with Crippen molar-refractivity contribution in [2.24, 2.45) is 0 Å². The maximum atomic E-state index is 13.2. The highest BCUT2D eigenvalue weighted by Crippen LogP contribution is 2.26. The van der Waals surface area contributed by atoms with Crippen molar-refractivity contribution in [1.82, 2.24) is 19.7 Å². The van der Waals surface area contributed by atoms with Crippen LogP contribution in [-0.4, -0.2) is 31.4 Å². The lowest BCUT2D eigenvalue weighted by Gasteiger charge is -2.10. The van der Waals surface area contributed by atoms with Gasteiger partial charge in [0.15, 0.2) is 16.1 Å². The van der Waals surface area contributed by atoms with E-state index in [4.69, 9.17) is 27.9 Å². The summed E-state index contributed by atoms with van der Waals surface area (Å²) in [5, 5.41) is 11.8. The summed E-state index contributed by atoms with van der Waals surface area (Å²) in [5.74, 6) is 0.206. The fourth-order valence-corrected chi connectivity index (χ4v) is 3.53. The van der Waals surface area contributed by atoms with Crippen LogP contribution in [0.2, 0.25) is 10.2 Å². The van der Waals surface area contributed by atoms with E-state index in [9.17, 15) is 9.18 Å². The molecule has 0 aliphatic rings. The number of nitrogens with zero attached hydrogens (tertiary/aromatic N) is 4. The fraction of sp³-hybridized carbons (Fsp3) is 0.158. The van der Waals surface area contributed by atoms with E-state index in [1.807, 2.05) is 0 Å². The Balaban J connectivity index is 1.64. The summed E-state index contributed by atoms with van der Waals surface area (Å²) in [6.07, 6.45) is 3.21. The van der Waals surface area contributed by atoms with Crippen molar-refractivity contribution in [3.8, 4) is 5.75 Å². The largest absolute Gasteiger partial charge is 0.484 e. The molecule has 0 atom stereocenters. The van der Waals surface area contributed by atoms with E-state index in [0.717, 1.165) is 0 Å². The highest BCUT2D eigenvalue weighted by molar-refractivity contribution is 7.99. The van der Waals surface area contributed by atoms with Crippen LogP contribution in [0.25, 0.3) is 0 Å². The molecule has 0 unspecified atom stereocenters. The number of rotatable bonds is 9. The van der Waals surface area contributed by atoms with E-state index in [2.05, 4.69) is 27.1 Å². The summed E-state index contributed by atoms with van der Waals surface area (Å²) in [5.41, 5.74) is 0.433. The Morgan fingerprint density at radius 2 is 2.17 bits per heavy atom. The van der Waals surface area contributed by atoms with E-state index in [1.165, 1.54) is 36.2 Å². The minimum Gasteiger partial charge on any atom is -0.484 e. The van der Waals surface area contributed by atoms with Gasteiger partial charge in [0.25, 0.3) is 0 Å². The molecule has 3 rings (SSSR count). The van der Waals surface area contributed by atoms with Crippen molar-refractivity contribution in [1.29, 1.82) is 0 Å². The Hall–Kier alpha value is -2.62. The van der Waals surface area contributed by atoms with Gasteiger partial charge >= 0.3 is 0 Å². The average molecular weight is 468 g/mol. The van der Waals surface area contributed by atoms with Crippen molar-refractivity contribution in [2.75, 3.05) is 11.1 Å². The normalized spacial score (nSPS) is 10.6. The number of anilines is 1. The fourth-order valence-electron chi connectivity index (χ4n) is 2.38. The van der Waals surface area contributed by atoms with Crippen LogP contribution in [0.15, 0.2) is 54.3 Å². The van der Waals surface area contributed by atoms with Crippen LogP contribution >= 0.6 is 35.0 Å². The van der Waals surface area contributed by atoms with Gasteiger partial charge in [0.2, 0.25) is 5.91 Å². The highest BCUT2D eigenvalue weighted by Gasteiger charge is 2.15. The second-order valence-electron chi connectivity index (χ2n) is 5.84. The lowest BCUT2D eigenvalue weighted by Crippen LogP contribution is -2.15. The number of ether oxygens (including phenoxy) is 1. The Bertz CT molecular complexity index is 1060. The molecule has 7 nitrogen and oxygen atoms in total. The number of thioether (sulfide) groups is 1. The number of nitrogens with one attached hydrogen (secondary N) is 1. The molecule has 1 amide bonds. The van der Waals surface area contributed by atoms with E-state index in [-0.39, 0.29) is 28.4 Å². The molecule has 156 valence electrons. The van der Waals surface area contributed by atoms with Gasteiger partial charge in [-0.15, -0.1) is 16.8 Å². The van der Waals surface area contributed by atoms with Crippen LogP contribution < -0.4 is 10.1 Å². The van der Waals surface area contributed by atoms with Gasteiger partial charge in [0.05, 0.1) is 16.5 Å². The van der Waals surface area contributed by atoms with Gasteiger partial charge in [-0.3, -0.25) is 9.36 Å². The SMILES string of the molecule is C=CCn1c(COc2ccc(F)cc2Cl)nnc1SCC(=O)Nc1cccnc1Cl. The lowest BCUT2D eigenvalue weighted by molar-refractivity contribution is -0.113. The van der Waals surface area contributed by atoms with Gasteiger partial charge in [-0.1, -0.05) is 41.0 Å². The highest BCUT2D eigenvalue weighted by atomic mass is 35.5. The van der Waals surface area contributed by atoms with E-state index in [0.29, 0.717) is 29.0 Å². The summed E-state index contributed by atoms with van der Waals surface area (Å²) in [7, 11) is 0. The molecular weight excluding hydrogens is 452 g/mol. The quantitative estimate of drug-likeness (QED) is 0.281. The molecule has 0 saturated carbocycles. The smallest absolute Gasteiger partial charge is 0.234 e. The minimum atomic E-state index is -0.452. The topological polar surface area (TPSA) is 81.9 Å². The second kappa shape index (κ2) is 10.4. The Morgan fingerprint density at radius 1 is 1.33 bits per heavy atom. The number of benzene rings is 1. The monoisotopic (exact) mass is 467 g/mol. The zero-order valence-electron chi connectivity index (χ0n) is 15.5. The Kier molecular flexibility index (Phi) is 7.67. The molecule has 0 spiro atoms. The number of carbonyl (C=O) groups is 1. The molecule has 0 aliphatic carbocycles. The number of aromatic nitrogens is 4. The molecule has 0 saturated heterocycles. The van der Waals surface area contributed by atoms with Crippen LogP contribution in [-0.2, 0) is 17.9 Å². The van der Waals surface area contributed by atoms with Crippen LogP contribution in [0, 0.1) is 5.82 Å². The molecule has 0 bridgehead atoms. The van der Waals surface area contributed by atoms with Gasteiger partial charge in [-0.2, -0.15) is 0 Å². The standard InChI is InChI=1S/C19H16Cl2FN5O2S/c1-2-8-27-16(10-29-15-6-5-12(22)9-13(15)20)25-26-19(27)30-11-17(28)24-14-4-3-7-23-18(14)21/h2-7,9H,1,8,10-11H2,(H,24,28). The number of pyridine rings is 1. The number of allylic oxidation sites excluding steroid dienone is 1. The molecule has 1 N–H and O–H groups in total. The molecule has 2 heterocycles. The third kappa shape index (κ3) is 5.71. The average Bonchev–Trinajstić information content (AvgIpc) is 3.09. The lowest BCUT2D eigenvalue weighted by atomic mass is 10.3. The number of hydrogen-bond acceptors (Lipinski definition) is 6. The summed E-state index contributed by atoms with van der Waals surface area (Å²) >= 11 is 13.1. The number of amides is 1. The van der Waals surface area contributed by atoms with E-state index >= 15 is 0 Å². The third-order valence-corrected chi connectivity index (χ3v) is 5.28. The van der Waals surface area contributed by atoms with Crippen LogP contribution in [0.5, 0.6) is 5.75 Å². The number of carbonyl (C=O) groups excluding carboxylic acids is 1. The number of halogens is 3. The van der Waals surface area contributed by atoms with Gasteiger partial charge in [-0.05, 0) is 30.3 Å².